The second-order valence-electron chi connectivity index (χ2n) is 5.28. The van der Waals surface area contributed by atoms with E-state index >= 15 is 0 Å². The summed E-state index contributed by atoms with van der Waals surface area (Å²) in [6.45, 7) is 5.97. The lowest BCUT2D eigenvalue weighted by atomic mass is 10.1. The first kappa shape index (κ1) is 15.9. The molecule has 5 heteroatoms. The first-order chi connectivity index (χ1) is 8.57. The van der Waals surface area contributed by atoms with E-state index in [1.807, 2.05) is 0 Å². The summed E-state index contributed by atoms with van der Waals surface area (Å²) in [4.78, 5) is 0. The standard InChI is InChI=1S/C13H28N2O2S/c1-3-13(11-12-7-8-12)15-18(16,17)10-6-5-9-14-4-2/h12-15H,3-11H2,1-2H3. The largest absolute Gasteiger partial charge is 0.317 e. The molecule has 0 aliphatic heterocycles. The maximum absolute atomic E-state index is 11.9. The Morgan fingerprint density at radius 3 is 2.50 bits per heavy atom. The second-order valence-corrected chi connectivity index (χ2v) is 7.16. The van der Waals surface area contributed by atoms with E-state index in [1.165, 1.54) is 12.8 Å². The Balaban J connectivity index is 2.19. The summed E-state index contributed by atoms with van der Waals surface area (Å²) in [5, 5.41) is 3.21. The van der Waals surface area contributed by atoms with Crippen molar-refractivity contribution in [2.75, 3.05) is 18.8 Å². The van der Waals surface area contributed by atoms with Crippen LogP contribution in [0.25, 0.3) is 0 Å². The summed E-state index contributed by atoms with van der Waals surface area (Å²) in [6.07, 6.45) is 6.14. The maximum Gasteiger partial charge on any atom is 0.211 e. The van der Waals surface area contributed by atoms with Crippen molar-refractivity contribution in [2.24, 2.45) is 5.92 Å². The summed E-state index contributed by atoms with van der Waals surface area (Å²) >= 11 is 0. The van der Waals surface area contributed by atoms with Gasteiger partial charge < -0.3 is 5.32 Å². The number of hydrogen-bond acceptors (Lipinski definition) is 3. The summed E-state index contributed by atoms with van der Waals surface area (Å²) in [6, 6.07) is 0.149. The van der Waals surface area contributed by atoms with Crippen LogP contribution in [-0.4, -0.2) is 33.3 Å². The summed E-state index contributed by atoms with van der Waals surface area (Å²) in [7, 11) is -3.08. The van der Waals surface area contributed by atoms with Gasteiger partial charge in [0.25, 0.3) is 0 Å². The van der Waals surface area contributed by atoms with Crippen molar-refractivity contribution in [3.63, 3.8) is 0 Å². The van der Waals surface area contributed by atoms with Crippen LogP contribution in [0.15, 0.2) is 0 Å². The molecule has 1 fully saturated rings. The Morgan fingerprint density at radius 2 is 1.94 bits per heavy atom. The normalized spacial score (nSPS) is 17.9. The molecule has 0 bridgehead atoms. The smallest absolute Gasteiger partial charge is 0.211 e. The second kappa shape index (κ2) is 8.12. The Labute approximate surface area is 112 Å². The molecule has 18 heavy (non-hydrogen) atoms. The van der Waals surface area contributed by atoms with Crippen LogP contribution >= 0.6 is 0 Å². The fourth-order valence-electron chi connectivity index (χ4n) is 2.09. The molecule has 1 rings (SSSR count). The first-order valence-electron chi connectivity index (χ1n) is 7.28. The predicted molar refractivity (Wildman–Crippen MR) is 76.1 cm³/mol. The molecular weight excluding hydrogens is 248 g/mol. The molecule has 1 atom stereocenters. The lowest BCUT2D eigenvalue weighted by Gasteiger charge is -2.16. The minimum atomic E-state index is -3.08. The fraction of sp³-hybridized carbons (Fsp3) is 1.00. The molecule has 0 saturated heterocycles. The summed E-state index contributed by atoms with van der Waals surface area (Å²) in [5.41, 5.74) is 0. The number of rotatable bonds is 11. The molecule has 0 aromatic rings. The molecule has 4 nitrogen and oxygen atoms in total. The molecule has 0 aromatic heterocycles. The SMILES string of the molecule is CCNCCCCS(=O)(=O)NC(CC)CC1CC1. The van der Waals surface area contributed by atoms with E-state index in [1.54, 1.807) is 0 Å². The van der Waals surface area contributed by atoms with Gasteiger partial charge in [-0.3, -0.25) is 0 Å². The Hall–Kier alpha value is -0.130. The van der Waals surface area contributed by atoms with Gasteiger partial charge >= 0.3 is 0 Å². The highest BCUT2D eigenvalue weighted by Gasteiger charge is 2.26. The molecule has 1 aliphatic rings. The zero-order valence-corrected chi connectivity index (χ0v) is 12.6. The molecule has 0 aromatic carbocycles. The zero-order chi connectivity index (χ0) is 13.4. The van der Waals surface area contributed by atoms with Crippen molar-refractivity contribution < 1.29 is 8.42 Å². The number of sulfonamides is 1. The van der Waals surface area contributed by atoms with E-state index in [-0.39, 0.29) is 11.8 Å². The van der Waals surface area contributed by atoms with Gasteiger partial charge in [0.05, 0.1) is 5.75 Å². The first-order valence-corrected chi connectivity index (χ1v) is 8.93. The van der Waals surface area contributed by atoms with E-state index in [4.69, 9.17) is 0 Å². The molecule has 0 radical (unpaired) electrons. The van der Waals surface area contributed by atoms with Gasteiger partial charge in [-0.2, -0.15) is 0 Å². The van der Waals surface area contributed by atoms with Crippen LogP contribution in [0.3, 0.4) is 0 Å². The van der Waals surface area contributed by atoms with Crippen molar-refractivity contribution in [1.82, 2.24) is 10.0 Å². The van der Waals surface area contributed by atoms with E-state index in [9.17, 15) is 8.42 Å². The molecule has 0 spiro atoms. The van der Waals surface area contributed by atoms with E-state index in [0.717, 1.165) is 44.7 Å². The Morgan fingerprint density at radius 1 is 1.22 bits per heavy atom. The molecule has 1 aliphatic carbocycles. The lowest BCUT2D eigenvalue weighted by Crippen LogP contribution is -2.36. The van der Waals surface area contributed by atoms with Crippen LogP contribution in [0.5, 0.6) is 0 Å². The van der Waals surface area contributed by atoms with Crippen LogP contribution in [0.2, 0.25) is 0 Å². The highest BCUT2D eigenvalue weighted by atomic mass is 32.2. The van der Waals surface area contributed by atoms with Gasteiger partial charge in [0.1, 0.15) is 0 Å². The third-order valence-electron chi connectivity index (χ3n) is 3.42. The molecule has 1 unspecified atom stereocenters. The van der Waals surface area contributed by atoms with Crippen molar-refractivity contribution >= 4 is 10.0 Å². The quantitative estimate of drug-likeness (QED) is 0.566. The average Bonchev–Trinajstić information content (AvgIpc) is 3.11. The Bertz CT molecular complexity index is 313. The molecular formula is C13H28N2O2S. The highest BCUT2D eigenvalue weighted by Crippen LogP contribution is 2.34. The maximum atomic E-state index is 11.9. The van der Waals surface area contributed by atoms with Crippen LogP contribution in [0.1, 0.15) is 52.4 Å². The molecule has 0 amide bonds. The Kier molecular flexibility index (Phi) is 7.19. The van der Waals surface area contributed by atoms with E-state index in [2.05, 4.69) is 23.9 Å². The van der Waals surface area contributed by atoms with Crippen LogP contribution in [0.4, 0.5) is 0 Å². The molecule has 108 valence electrons. The van der Waals surface area contributed by atoms with Gasteiger partial charge in [-0.1, -0.05) is 26.7 Å². The predicted octanol–water partition coefficient (Wildman–Crippen LogP) is 1.87. The van der Waals surface area contributed by atoms with Gasteiger partial charge in [0.15, 0.2) is 0 Å². The lowest BCUT2D eigenvalue weighted by molar-refractivity contribution is 0.493. The van der Waals surface area contributed by atoms with Crippen molar-refractivity contribution in [2.45, 2.75) is 58.4 Å². The van der Waals surface area contributed by atoms with Gasteiger partial charge in [-0.15, -0.1) is 0 Å². The van der Waals surface area contributed by atoms with Crippen molar-refractivity contribution in [3.8, 4) is 0 Å². The van der Waals surface area contributed by atoms with Gasteiger partial charge in [-0.25, -0.2) is 13.1 Å². The third kappa shape index (κ3) is 7.34. The number of unbranched alkanes of at least 4 members (excludes halogenated alkanes) is 1. The van der Waals surface area contributed by atoms with Gasteiger partial charge in [-0.05, 0) is 44.7 Å². The van der Waals surface area contributed by atoms with Crippen LogP contribution < -0.4 is 10.0 Å². The molecule has 1 saturated carbocycles. The van der Waals surface area contributed by atoms with E-state index < -0.39 is 10.0 Å². The average molecular weight is 276 g/mol. The third-order valence-corrected chi connectivity index (χ3v) is 4.94. The zero-order valence-electron chi connectivity index (χ0n) is 11.7. The minimum absolute atomic E-state index is 0.149. The van der Waals surface area contributed by atoms with Crippen LogP contribution in [0, 0.1) is 5.92 Å². The summed E-state index contributed by atoms with van der Waals surface area (Å²) < 4.78 is 26.7. The van der Waals surface area contributed by atoms with Gasteiger partial charge in [0.2, 0.25) is 10.0 Å². The molecule has 0 heterocycles. The minimum Gasteiger partial charge on any atom is -0.317 e. The van der Waals surface area contributed by atoms with Crippen molar-refractivity contribution in [1.29, 1.82) is 0 Å². The molecule has 2 N–H and O–H groups in total. The van der Waals surface area contributed by atoms with Crippen LogP contribution in [-0.2, 0) is 10.0 Å². The topological polar surface area (TPSA) is 58.2 Å². The van der Waals surface area contributed by atoms with Gasteiger partial charge in [0, 0.05) is 6.04 Å². The number of nitrogens with one attached hydrogen (secondary N) is 2. The highest BCUT2D eigenvalue weighted by molar-refractivity contribution is 7.89. The fourth-order valence-corrected chi connectivity index (χ4v) is 3.56. The number of hydrogen-bond donors (Lipinski definition) is 2. The summed E-state index contributed by atoms with van der Waals surface area (Å²) in [5.74, 6) is 1.03. The van der Waals surface area contributed by atoms with E-state index in [0.29, 0.717) is 0 Å². The van der Waals surface area contributed by atoms with Crippen molar-refractivity contribution in [3.05, 3.63) is 0 Å². The monoisotopic (exact) mass is 276 g/mol.